The van der Waals surface area contributed by atoms with Crippen molar-refractivity contribution >= 4 is 38.9 Å². The monoisotopic (exact) mass is 745 g/mol. The van der Waals surface area contributed by atoms with E-state index in [1.165, 1.54) is 50.2 Å². The van der Waals surface area contributed by atoms with Crippen molar-refractivity contribution in [2.45, 2.75) is 25.3 Å². The molecule has 1 unspecified atom stereocenters. The minimum absolute atomic E-state index is 0.00886. The smallest absolute Gasteiger partial charge is 0.143 e. The van der Waals surface area contributed by atoms with E-state index in [2.05, 4.69) is 225 Å². The van der Waals surface area contributed by atoms with Crippen molar-refractivity contribution < 1.29 is 4.42 Å². The Hall–Kier alpha value is -7.16. The first-order chi connectivity index (χ1) is 28.7. The third kappa shape index (κ3) is 5.72. The maximum atomic E-state index is 6.48. The molecule has 9 aromatic rings. The Balaban J connectivity index is 1.17. The molecule has 1 aliphatic carbocycles. The minimum Gasteiger partial charge on any atom is -0.455 e. The first-order valence-corrected chi connectivity index (χ1v) is 20.2. The van der Waals surface area contributed by atoms with E-state index in [1.807, 2.05) is 12.1 Å². The highest BCUT2D eigenvalue weighted by atomic mass is 16.3. The van der Waals surface area contributed by atoms with E-state index in [0.717, 1.165) is 38.8 Å². The quantitative estimate of drug-likeness (QED) is 0.137. The van der Waals surface area contributed by atoms with Crippen LogP contribution in [-0.4, -0.2) is 6.04 Å². The second-order valence-corrected chi connectivity index (χ2v) is 15.1. The Kier molecular flexibility index (Phi) is 8.96. The molecule has 0 bridgehead atoms. The third-order valence-electron chi connectivity index (χ3n) is 12.0. The predicted octanol–water partition coefficient (Wildman–Crippen LogP) is 14.8. The standard InChI is InChI=1S/C56H43NO/c1-3-40(41-19-7-4-8-20-41)34-33-39(2)57(45-37-35-42(36-38-45)46-27-17-28-48-47-25-14-16-32-53(47)58-55(46)48)52-31-18-30-51-54(52)49-26-13-15-29-50(49)56(51,43-21-9-5-10-22-43)44-23-11-6-12-24-44/h3-39H,1-2H3/b34-33-,40-3+. The molecule has 1 aromatic heterocycles. The van der Waals surface area contributed by atoms with Crippen LogP contribution >= 0.6 is 0 Å². The van der Waals surface area contributed by atoms with E-state index in [9.17, 15) is 0 Å². The fourth-order valence-corrected chi connectivity index (χ4v) is 9.36. The second-order valence-electron chi connectivity index (χ2n) is 15.1. The summed E-state index contributed by atoms with van der Waals surface area (Å²) in [7, 11) is 0. The highest BCUT2D eigenvalue weighted by molar-refractivity contribution is 6.09. The molecule has 0 spiro atoms. The van der Waals surface area contributed by atoms with Crippen molar-refractivity contribution in [3.8, 4) is 22.3 Å². The first kappa shape index (κ1) is 35.3. The molecular weight excluding hydrogens is 703 g/mol. The average molecular weight is 746 g/mol. The number of allylic oxidation sites excluding steroid dienone is 3. The lowest BCUT2D eigenvalue weighted by Crippen LogP contribution is -2.29. The van der Waals surface area contributed by atoms with E-state index >= 15 is 0 Å². The van der Waals surface area contributed by atoms with Crippen LogP contribution < -0.4 is 4.90 Å². The van der Waals surface area contributed by atoms with Crippen molar-refractivity contribution in [3.63, 3.8) is 0 Å². The van der Waals surface area contributed by atoms with Gasteiger partial charge in [0.25, 0.3) is 0 Å². The number of hydrogen-bond acceptors (Lipinski definition) is 2. The molecule has 10 rings (SSSR count). The molecule has 0 N–H and O–H groups in total. The zero-order valence-electron chi connectivity index (χ0n) is 32.7. The molecule has 278 valence electrons. The molecule has 0 fully saturated rings. The van der Waals surface area contributed by atoms with Crippen LogP contribution in [-0.2, 0) is 5.41 Å². The van der Waals surface area contributed by atoms with E-state index in [0.29, 0.717) is 0 Å². The van der Waals surface area contributed by atoms with Gasteiger partial charge in [0.1, 0.15) is 11.2 Å². The third-order valence-corrected chi connectivity index (χ3v) is 12.0. The molecule has 1 atom stereocenters. The molecule has 1 aliphatic rings. The first-order valence-electron chi connectivity index (χ1n) is 20.2. The maximum absolute atomic E-state index is 6.48. The predicted molar refractivity (Wildman–Crippen MR) is 244 cm³/mol. The van der Waals surface area contributed by atoms with E-state index in [4.69, 9.17) is 4.42 Å². The number of anilines is 2. The van der Waals surface area contributed by atoms with Crippen molar-refractivity contribution in [1.82, 2.24) is 0 Å². The minimum atomic E-state index is -0.490. The number of para-hydroxylation sites is 2. The molecule has 58 heavy (non-hydrogen) atoms. The number of nitrogens with zero attached hydrogens (tertiary/aromatic N) is 1. The van der Waals surface area contributed by atoms with Crippen molar-refractivity contribution in [3.05, 3.63) is 246 Å². The van der Waals surface area contributed by atoms with Crippen LogP contribution in [0.1, 0.15) is 41.7 Å². The van der Waals surface area contributed by atoms with Gasteiger partial charge in [-0.05, 0) is 82.6 Å². The van der Waals surface area contributed by atoms with Gasteiger partial charge >= 0.3 is 0 Å². The molecule has 0 radical (unpaired) electrons. The molecular formula is C56H43NO. The number of hydrogen-bond donors (Lipinski definition) is 0. The Bertz CT molecular complexity index is 2920. The molecule has 0 aliphatic heterocycles. The lowest BCUT2D eigenvalue weighted by Gasteiger charge is -2.35. The van der Waals surface area contributed by atoms with Crippen LogP contribution in [0.25, 0.3) is 49.8 Å². The zero-order valence-corrected chi connectivity index (χ0v) is 32.7. The number of fused-ring (bicyclic) bond motifs is 6. The van der Waals surface area contributed by atoms with Crippen LogP contribution in [0, 0.1) is 0 Å². The van der Waals surface area contributed by atoms with Gasteiger partial charge in [0.05, 0.1) is 5.41 Å². The Morgan fingerprint density at radius 3 is 1.86 bits per heavy atom. The Morgan fingerprint density at radius 1 is 0.552 bits per heavy atom. The average Bonchev–Trinajstić information content (AvgIpc) is 3.83. The zero-order chi connectivity index (χ0) is 39.1. The number of furan rings is 1. The summed E-state index contributed by atoms with van der Waals surface area (Å²) in [6.07, 6.45) is 6.81. The van der Waals surface area contributed by atoms with Gasteiger partial charge in [-0.15, -0.1) is 0 Å². The lowest BCUT2D eigenvalue weighted by molar-refractivity contribution is 0.670. The number of benzene rings is 8. The molecule has 2 heteroatoms. The molecule has 8 aromatic carbocycles. The van der Waals surface area contributed by atoms with Crippen molar-refractivity contribution in [2.75, 3.05) is 4.90 Å². The summed E-state index contributed by atoms with van der Waals surface area (Å²) in [6.45, 7) is 4.42. The summed E-state index contributed by atoms with van der Waals surface area (Å²) < 4.78 is 6.48. The summed E-state index contributed by atoms with van der Waals surface area (Å²) in [5.74, 6) is 0. The molecule has 2 nitrogen and oxygen atoms in total. The van der Waals surface area contributed by atoms with Gasteiger partial charge in [0.15, 0.2) is 0 Å². The van der Waals surface area contributed by atoms with Gasteiger partial charge in [0.2, 0.25) is 0 Å². The van der Waals surface area contributed by atoms with Gasteiger partial charge in [-0.2, -0.15) is 0 Å². The van der Waals surface area contributed by atoms with Gasteiger partial charge < -0.3 is 9.32 Å². The molecule has 0 saturated carbocycles. The SMILES string of the molecule is C/C=C(\C=C/C(C)N(c1ccc(-c2cccc3c2oc2ccccc23)cc1)c1cccc2c1-c1ccccc1C2(c1ccccc1)c1ccccc1)c1ccccc1. The van der Waals surface area contributed by atoms with Crippen LogP contribution in [0.15, 0.2) is 223 Å². The fourth-order valence-electron chi connectivity index (χ4n) is 9.36. The summed E-state index contributed by atoms with van der Waals surface area (Å²) in [5.41, 5.74) is 15.8. The highest BCUT2D eigenvalue weighted by Gasteiger charge is 2.47. The van der Waals surface area contributed by atoms with Gasteiger partial charge in [-0.25, -0.2) is 0 Å². The largest absolute Gasteiger partial charge is 0.455 e. The van der Waals surface area contributed by atoms with Crippen LogP contribution in [0.2, 0.25) is 0 Å². The van der Waals surface area contributed by atoms with E-state index in [1.54, 1.807) is 0 Å². The second kappa shape index (κ2) is 14.7. The van der Waals surface area contributed by atoms with Crippen molar-refractivity contribution in [1.29, 1.82) is 0 Å². The lowest BCUT2D eigenvalue weighted by atomic mass is 9.68. The van der Waals surface area contributed by atoms with Crippen LogP contribution in [0.4, 0.5) is 11.4 Å². The normalized spacial score (nSPS) is 13.8. The fraction of sp³-hybridized carbons (Fsp3) is 0.0714. The highest BCUT2D eigenvalue weighted by Crippen LogP contribution is 2.59. The molecule has 0 saturated heterocycles. The summed E-state index contributed by atoms with van der Waals surface area (Å²) in [5, 5.41) is 2.27. The number of rotatable bonds is 9. The summed E-state index contributed by atoms with van der Waals surface area (Å²) >= 11 is 0. The Morgan fingerprint density at radius 2 is 1.14 bits per heavy atom. The topological polar surface area (TPSA) is 16.4 Å². The summed E-state index contributed by atoms with van der Waals surface area (Å²) in [6, 6.07) is 72.4. The Labute approximate surface area is 340 Å². The van der Waals surface area contributed by atoms with Gasteiger partial charge in [0, 0.05) is 39.3 Å². The molecule has 0 amide bonds. The van der Waals surface area contributed by atoms with Crippen LogP contribution in [0.3, 0.4) is 0 Å². The van der Waals surface area contributed by atoms with E-state index in [-0.39, 0.29) is 6.04 Å². The van der Waals surface area contributed by atoms with Crippen molar-refractivity contribution in [2.24, 2.45) is 0 Å². The van der Waals surface area contributed by atoms with Gasteiger partial charge in [-0.3, -0.25) is 0 Å². The van der Waals surface area contributed by atoms with Gasteiger partial charge in [-0.1, -0.05) is 194 Å². The van der Waals surface area contributed by atoms with Crippen LogP contribution in [0.5, 0.6) is 0 Å². The summed E-state index contributed by atoms with van der Waals surface area (Å²) in [4.78, 5) is 2.52. The molecule has 1 heterocycles. The van der Waals surface area contributed by atoms with E-state index < -0.39 is 5.41 Å². The maximum Gasteiger partial charge on any atom is 0.143 e.